The van der Waals surface area contributed by atoms with Crippen molar-refractivity contribution >= 4 is 18.0 Å². The summed E-state index contributed by atoms with van der Waals surface area (Å²) in [6, 6.07) is 35.3. The number of hydrogen-bond acceptors (Lipinski definition) is 5. The monoisotopic (exact) mass is 574 g/mol. The van der Waals surface area contributed by atoms with E-state index in [2.05, 4.69) is 34.9 Å². The summed E-state index contributed by atoms with van der Waals surface area (Å²) < 4.78 is 11.0. The van der Waals surface area contributed by atoms with E-state index >= 15 is 0 Å². The summed E-state index contributed by atoms with van der Waals surface area (Å²) in [6.07, 6.45) is 0.337. The van der Waals surface area contributed by atoms with Gasteiger partial charge in [-0.15, -0.1) is 0 Å². The maximum absolute atomic E-state index is 14.1. The van der Waals surface area contributed by atoms with Crippen molar-refractivity contribution in [3.63, 3.8) is 0 Å². The van der Waals surface area contributed by atoms with Gasteiger partial charge < -0.3 is 20.1 Å². The fourth-order valence-electron chi connectivity index (χ4n) is 6.54. The van der Waals surface area contributed by atoms with Gasteiger partial charge in [-0.25, -0.2) is 9.59 Å². The van der Waals surface area contributed by atoms with E-state index in [0.717, 1.165) is 33.4 Å². The van der Waals surface area contributed by atoms with Crippen LogP contribution in [-0.2, 0) is 31.9 Å². The summed E-state index contributed by atoms with van der Waals surface area (Å²) in [4.78, 5) is 40.7. The number of piperidine rings is 1. The van der Waals surface area contributed by atoms with Crippen LogP contribution >= 0.6 is 0 Å². The average molecular weight is 575 g/mol. The first-order chi connectivity index (χ1) is 20.9. The van der Waals surface area contributed by atoms with Gasteiger partial charge in [0.05, 0.1) is 7.11 Å². The maximum Gasteiger partial charge on any atom is 0.408 e. The Morgan fingerprint density at radius 3 is 1.86 bits per heavy atom. The van der Waals surface area contributed by atoms with E-state index in [1.807, 2.05) is 84.9 Å². The molecule has 2 amide bonds. The summed E-state index contributed by atoms with van der Waals surface area (Å²) in [6.45, 7) is 0.128. The van der Waals surface area contributed by atoms with Gasteiger partial charge in [0.15, 0.2) is 0 Å². The molecule has 2 aliphatic rings. The highest BCUT2D eigenvalue weighted by molar-refractivity contribution is 5.96. The van der Waals surface area contributed by atoms with E-state index in [1.54, 1.807) is 0 Å². The molecule has 4 aromatic carbocycles. The summed E-state index contributed by atoms with van der Waals surface area (Å²) in [5.41, 5.74) is 3.69. The first kappa shape index (κ1) is 28.2. The van der Waals surface area contributed by atoms with Gasteiger partial charge in [0.25, 0.3) is 0 Å². The highest BCUT2D eigenvalue weighted by atomic mass is 16.5. The number of nitrogens with one attached hydrogen (secondary N) is 2. The molecule has 0 spiro atoms. The van der Waals surface area contributed by atoms with Gasteiger partial charge in [-0.1, -0.05) is 109 Å². The topological polar surface area (TPSA) is 93.7 Å². The van der Waals surface area contributed by atoms with Crippen molar-refractivity contribution in [3.8, 4) is 11.1 Å². The second-order valence-electron chi connectivity index (χ2n) is 11.4. The maximum atomic E-state index is 14.1. The smallest absolute Gasteiger partial charge is 0.408 e. The SMILES string of the molecule is COC(=O)[C@@]1(Cc2ccccc2)CC[C@@](Cc2ccccc2)(NC(=O)OCC2c3ccccc3-c3ccccc32)C(=O)N1. The second-order valence-corrected chi connectivity index (χ2v) is 11.4. The number of esters is 1. The van der Waals surface area contributed by atoms with Gasteiger partial charge in [0.2, 0.25) is 5.91 Å². The van der Waals surface area contributed by atoms with Gasteiger partial charge in [0.1, 0.15) is 17.7 Å². The van der Waals surface area contributed by atoms with Crippen LogP contribution < -0.4 is 10.6 Å². The molecule has 7 nitrogen and oxygen atoms in total. The first-order valence-electron chi connectivity index (χ1n) is 14.6. The van der Waals surface area contributed by atoms with Crippen molar-refractivity contribution in [1.82, 2.24) is 10.6 Å². The van der Waals surface area contributed by atoms with Gasteiger partial charge in [-0.3, -0.25) is 4.79 Å². The Kier molecular flexibility index (Phi) is 7.72. The van der Waals surface area contributed by atoms with E-state index in [-0.39, 0.29) is 38.2 Å². The van der Waals surface area contributed by atoms with Gasteiger partial charge in [0, 0.05) is 18.8 Å². The molecule has 1 aliphatic heterocycles. The molecule has 1 saturated heterocycles. The fraction of sp³-hybridized carbons (Fsp3) is 0.250. The summed E-state index contributed by atoms with van der Waals surface area (Å²) in [7, 11) is 1.32. The summed E-state index contributed by atoms with van der Waals surface area (Å²) in [5.74, 6) is -1.07. The zero-order valence-corrected chi connectivity index (χ0v) is 24.0. The predicted octanol–water partition coefficient (Wildman–Crippen LogP) is 5.57. The molecule has 0 bridgehead atoms. The van der Waals surface area contributed by atoms with Gasteiger partial charge in [-0.2, -0.15) is 0 Å². The number of rotatable bonds is 8. The van der Waals surface area contributed by atoms with Crippen LogP contribution in [0.3, 0.4) is 0 Å². The number of carbonyl (C=O) groups is 3. The number of ether oxygens (including phenoxy) is 2. The third kappa shape index (κ3) is 5.50. The highest BCUT2D eigenvalue weighted by Crippen LogP contribution is 2.44. The van der Waals surface area contributed by atoms with Crippen LogP contribution in [0, 0.1) is 0 Å². The normalized spacial score (nSPS) is 20.8. The Bertz CT molecular complexity index is 1590. The molecule has 0 aromatic heterocycles. The molecular weight excluding hydrogens is 540 g/mol. The number of hydrogen-bond donors (Lipinski definition) is 2. The molecule has 218 valence electrons. The number of amides is 2. The van der Waals surface area contributed by atoms with Crippen molar-refractivity contribution in [1.29, 1.82) is 0 Å². The molecule has 7 heteroatoms. The van der Waals surface area contributed by atoms with E-state index < -0.39 is 29.0 Å². The third-order valence-corrected chi connectivity index (χ3v) is 8.72. The van der Waals surface area contributed by atoms with Crippen molar-refractivity contribution in [2.75, 3.05) is 13.7 Å². The van der Waals surface area contributed by atoms with E-state index in [4.69, 9.17) is 9.47 Å². The van der Waals surface area contributed by atoms with Gasteiger partial charge >= 0.3 is 12.1 Å². The second kappa shape index (κ2) is 11.8. The van der Waals surface area contributed by atoms with E-state index in [0.29, 0.717) is 0 Å². The lowest BCUT2D eigenvalue weighted by Gasteiger charge is -2.45. The number of fused-ring (bicyclic) bond motifs is 3. The lowest BCUT2D eigenvalue weighted by molar-refractivity contribution is -0.155. The number of carbonyl (C=O) groups excluding carboxylic acids is 3. The molecule has 0 radical (unpaired) electrons. The van der Waals surface area contributed by atoms with Crippen molar-refractivity contribution in [2.24, 2.45) is 0 Å². The molecule has 1 heterocycles. The van der Waals surface area contributed by atoms with Crippen molar-refractivity contribution in [2.45, 2.75) is 42.7 Å². The average Bonchev–Trinajstić information content (AvgIpc) is 3.36. The summed E-state index contributed by atoms with van der Waals surface area (Å²) in [5, 5.41) is 5.92. The van der Waals surface area contributed by atoms with Crippen LogP contribution in [0.25, 0.3) is 11.1 Å². The third-order valence-electron chi connectivity index (χ3n) is 8.72. The van der Waals surface area contributed by atoms with Crippen LogP contribution in [0.4, 0.5) is 4.79 Å². The molecule has 4 aromatic rings. The Morgan fingerprint density at radius 1 is 0.767 bits per heavy atom. The molecular formula is C36H34N2O5. The Balaban J connectivity index is 1.24. The Hall–Kier alpha value is -4.91. The van der Waals surface area contributed by atoms with Crippen molar-refractivity contribution in [3.05, 3.63) is 131 Å². The zero-order valence-electron chi connectivity index (χ0n) is 24.0. The van der Waals surface area contributed by atoms with Crippen molar-refractivity contribution < 1.29 is 23.9 Å². The minimum Gasteiger partial charge on any atom is -0.467 e. The minimum atomic E-state index is -1.32. The summed E-state index contributed by atoms with van der Waals surface area (Å²) >= 11 is 0. The molecule has 1 aliphatic carbocycles. The zero-order chi connectivity index (χ0) is 29.9. The molecule has 43 heavy (non-hydrogen) atoms. The van der Waals surface area contributed by atoms with Crippen LogP contribution in [-0.4, -0.2) is 42.8 Å². The molecule has 2 atom stereocenters. The predicted molar refractivity (Wildman–Crippen MR) is 163 cm³/mol. The lowest BCUT2D eigenvalue weighted by atomic mass is 9.74. The standard InChI is InChI=1S/C36H34N2O5/c1-42-33(40)36(23-26-14-6-3-7-15-26)21-20-35(32(39)37-36,22-25-12-4-2-5-13-25)38-34(41)43-24-31-29-18-10-8-16-27(29)28-17-9-11-19-30(28)31/h2-19,31H,20-24H2,1H3,(H,37,39)(H,38,41)/t35-,36-/m0/s1. The Morgan fingerprint density at radius 2 is 1.30 bits per heavy atom. The number of alkyl carbamates (subject to hydrolysis) is 1. The lowest BCUT2D eigenvalue weighted by Crippen LogP contribution is -2.71. The fourth-order valence-corrected chi connectivity index (χ4v) is 6.54. The molecule has 2 N–H and O–H groups in total. The van der Waals surface area contributed by atoms with E-state index in [9.17, 15) is 14.4 Å². The molecule has 1 fully saturated rings. The quantitative estimate of drug-likeness (QED) is 0.269. The van der Waals surface area contributed by atoms with Crippen LogP contribution in [0.2, 0.25) is 0 Å². The van der Waals surface area contributed by atoms with Crippen LogP contribution in [0.1, 0.15) is 41.0 Å². The van der Waals surface area contributed by atoms with Gasteiger partial charge in [-0.05, 0) is 46.2 Å². The molecule has 6 rings (SSSR count). The number of benzene rings is 4. The number of methoxy groups -OCH3 is 1. The largest absolute Gasteiger partial charge is 0.467 e. The van der Waals surface area contributed by atoms with E-state index in [1.165, 1.54) is 7.11 Å². The van der Waals surface area contributed by atoms with Crippen LogP contribution in [0.15, 0.2) is 109 Å². The molecule has 0 saturated carbocycles. The highest BCUT2D eigenvalue weighted by Gasteiger charge is 2.53. The first-order valence-corrected chi connectivity index (χ1v) is 14.6. The Labute approximate surface area is 251 Å². The minimum absolute atomic E-state index is 0.110. The molecule has 0 unspecified atom stereocenters. The van der Waals surface area contributed by atoms with Crippen LogP contribution in [0.5, 0.6) is 0 Å².